The monoisotopic (exact) mass is 163 g/mol. The van der Waals surface area contributed by atoms with E-state index in [0.717, 1.165) is 0 Å². The van der Waals surface area contributed by atoms with E-state index in [9.17, 15) is 4.79 Å². The summed E-state index contributed by atoms with van der Waals surface area (Å²) in [6.45, 7) is 1.36. The summed E-state index contributed by atoms with van der Waals surface area (Å²) < 4.78 is 9.66. The molecule has 0 rings (SSSR count). The van der Waals surface area contributed by atoms with Gasteiger partial charge in [-0.1, -0.05) is 0 Å². The van der Waals surface area contributed by atoms with Crippen LogP contribution < -0.4 is 5.48 Å². The standard InChI is InChI=1S/C6H13NO4/c1-9-4-5-10-6-7-11-3-2-8/h2,7H,3-6H2,1H3. The molecule has 5 heteroatoms. The van der Waals surface area contributed by atoms with Crippen molar-refractivity contribution >= 4 is 6.29 Å². The molecule has 0 aliphatic rings. The van der Waals surface area contributed by atoms with Crippen molar-refractivity contribution in [3.8, 4) is 0 Å². The van der Waals surface area contributed by atoms with Gasteiger partial charge in [0.2, 0.25) is 0 Å². The number of rotatable bonds is 8. The predicted octanol–water partition coefficient (Wildman–Crippen LogP) is -0.673. The van der Waals surface area contributed by atoms with E-state index < -0.39 is 0 Å². The molecule has 5 nitrogen and oxygen atoms in total. The number of methoxy groups -OCH3 is 1. The molecule has 0 aliphatic heterocycles. The summed E-state index contributed by atoms with van der Waals surface area (Å²) in [6.07, 6.45) is 0.655. The van der Waals surface area contributed by atoms with Crippen LogP contribution in [0.1, 0.15) is 0 Å². The summed E-state index contributed by atoms with van der Waals surface area (Å²) >= 11 is 0. The van der Waals surface area contributed by atoms with Crippen molar-refractivity contribution < 1.29 is 19.1 Å². The third-order valence-corrected chi connectivity index (χ3v) is 0.846. The van der Waals surface area contributed by atoms with Gasteiger partial charge in [-0.25, -0.2) is 0 Å². The second-order valence-electron chi connectivity index (χ2n) is 1.67. The molecule has 0 saturated heterocycles. The van der Waals surface area contributed by atoms with Gasteiger partial charge in [0.25, 0.3) is 0 Å². The molecular weight excluding hydrogens is 150 g/mol. The molecule has 0 radical (unpaired) electrons. The fourth-order valence-corrected chi connectivity index (χ4v) is 0.391. The highest BCUT2D eigenvalue weighted by molar-refractivity contribution is 5.50. The van der Waals surface area contributed by atoms with Crippen LogP contribution in [0.15, 0.2) is 0 Å². The van der Waals surface area contributed by atoms with E-state index in [-0.39, 0.29) is 13.3 Å². The highest BCUT2D eigenvalue weighted by atomic mass is 16.7. The third kappa shape index (κ3) is 9.51. The summed E-state index contributed by atoms with van der Waals surface area (Å²) in [5, 5.41) is 0. The zero-order valence-electron chi connectivity index (χ0n) is 6.54. The molecule has 1 N–H and O–H groups in total. The molecule has 0 saturated carbocycles. The Morgan fingerprint density at radius 3 is 2.91 bits per heavy atom. The van der Waals surface area contributed by atoms with Crippen molar-refractivity contribution in [1.29, 1.82) is 0 Å². The van der Waals surface area contributed by atoms with Crippen LogP contribution >= 0.6 is 0 Å². The summed E-state index contributed by atoms with van der Waals surface area (Å²) in [5.41, 5.74) is 2.44. The average Bonchev–Trinajstić information content (AvgIpc) is 2.03. The molecule has 0 aromatic rings. The highest BCUT2D eigenvalue weighted by Gasteiger charge is 1.85. The van der Waals surface area contributed by atoms with Gasteiger partial charge >= 0.3 is 0 Å². The number of ether oxygens (including phenoxy) is 2. The first-order valence-electron chi connectivity index (χ1n) is 3.26. The summed E-state index contributed by atoms with van der Waals surface area (Å²) in [5.74, 6) is 0. The molecule has 0 amide bonds. The lowest BCUT2D eigenvalue weighted by atomic mass is 10.8. The van der Waals surface area contributed by atoms with Gasteiger partial charge in [0.1, 0.15) is 19.6 Å². The number of hydrogen-bond donors (Lipinski definition) is 1. The number of hydroxylamine groups is 1. The number of hydrogen-bond acceptors (Lipinski definition) is 5. The molecule has 0 fully saturated rings. The van der Waals surface area contributed by atoms with Gasteiger partial charge in [-0.05, 0) is 0 Å². The molecule has 0 heterocycles. The minimum atomic E-state index is 0.0354. The van der Waals surface area contributed by atoms with Crippen LogP contribution in [0.4, 0.5) is 0 Å². The van der Waals surface area contributed by atoms with Crippen LogP contribution in [0.5, 0.6) is 0 Å². The maximum atomic E-state index is 9.71. The lowest BCUT2D eigenvalue weighted by Crippen LogP contribution is -2.20. The molecule has 0 aliphatic carbocycles. The van der Waals surface area contributed by atoms with E-state index >= 15 is 0 Å². The van der Waals surface area contributed by atoms with E-state index in [4.69, 9.17) is 9.47 Å². The Labute approximate surface area is 65.6 Å². The van der Waals surface area contributed by atoms with Crippen molar-refractivity contribution in [2.45, 2.75) is 0 Å². The van der Waals surface area contributed by atoms with Crippen LogP contribution in [-0.4, -0.2) is 39.9 Å². The minimum Gasteiger partial charge on any atom is -0.382 e. The van der Waals surface area contributed by atoms with Crippen molar-refractivity contribution in [3.63, 3.8) is 0 Å². The maximum absolute atomic E-state index is 9.71. The first-order chi connectivity index (χ1) is 5.41. The van der Waals surface area contributed by atoms with E-state index in [1.54, 1.807) is 7.11 Å². The van der Waals surface area contributed by atoms with Crippen LogP contribution in [-0.2, 0) is 19.1 Å². The van der Waals surface area contributed by atoms with Crippen LogP contribution in [0, 0.1) is 0 Å². The molecule has 0 aromatic carbocycles. The number of carbonyl (C=O) groups excluding carboxylic acids is 1. The molecule has 0 atom stereocenters. The van der Waals surface area contributed by atoms with Gasteiger partial charge in [0.05, 0.1) is 13.2 Å². The Balaban J connectivity index is 2.74. The SMILES string of the molecule is COCCOCNOCC=O. The zero-order chi connectivity index (χ0) is 8.36. The van der Waals surface area contributed by atoms with Gasteiger partial charge in [0.15, 0.2) is 0 Å². The second kappa shape index (κ2) is 9.51. The lowest BCUT2D eigenvalue weighted by Gasteiger charge is -2.03. The lowest BCUT2D eigenvalue weighted by molar-refractivity contribution is -0.117. The Kier molecular flexibility index (Phi) is 9.09. The molecule has 0 aromatic heterocycles. The predicted molar refractivity (Wildman–Crippen MR) is 37.8 cm³/mol. The second-order valence-corrected chi connectivity index (χ2v) is 1.67. The normalized spacial score (nSPS) is 9.91. The van der Waals surface area contributed by atoms with Crippen LogP contribution in [0.25, 0.3) is 0 Å². The first kappa shape index (κ1) is 10.5. The van der Waals surface area contributed by atoms with E-state index in [0.29, 0.717) is 19.5 Å². The smallest absolute Gasteiger partial charge is 0.147 e. The van der Waals surface area contributed by atoms with Crippen molar-refractivity contribution in [3.05, 3.63) is 0 Å². The van der Waals surface area contributed by atoms with Crippen LogP contribution in [0.2, 0.25) is 0 Å². The summed E-state index contributed by atoms with van der Waals surface area (Å²) in [6, 6.07) is 0. The van der Waals surface area contributed by atoms with Gasteiger partial charge in [-0.15, -0.1) is 0 Å². The molecule has 11 heavy (non-hydrogen) atoms. The first-order valence-corrected chi connectivity index (χ1v) is 3.26. The van der Waals surface area contributed by atoms with Crippen LogP contribution in [0.3, 0.4) is 0 Å². The quantitative estimate of drug-likeness (QED) is 0.222. The van der Waals surface area contributed by atoms with Crippen molar-refractivity contribution in [1.82, 2.24) is 5.48 Å². The van der Waals surface area contributed by atoms with E-state index in [1.165, 1.54) is 0 Å². The van der Waals surface area contributed by atoms with E-state index in [1.807, 2.05) is 0 Å². The fraction of sp³-hybridized carbons (Fsp3) is 0.833. The fourth-order valence-electron chi connectivity index (χ4n) is 0.391. The molecule has 0 bridgehead atoms. The number of aldehydes is 1. The molecule has 0 unspecified atom stereocenters. The molecule has 66 valence electrons. The van der Waals surface area contributed by atoms with Gasteiger partial charge in [0, 0.05) is 7.11 Å². The molecular formula is C6H13NO4. The Bertz CT molecular complexity index is 88.7. The summed E-state index contributed by atoms with van der Waals surface area (Å²) in [7, 11) is 1.60. The largest absolute Gasteiger partial charge is 0.382 e. The van der Waals surface area contributed by atoms with Gasteiger partial charge < -0.3 is 14.3 Å². The zero-order valence-corrected chi connectivity index (χ0v) is 6.54. The topological polar surface area (TPSA) is 56.8 Å². The van der Waals surface area contributed by atoms with Crippen molar-refractivity contribution in [2.24, 2.45) is 0 Å². The Morgan fingerprint density at radius 1 is 1.45 bits per heavy atom. The Morgan fingerprint density at radius 2 is 2.27 bits per heavy atom. The van der Waals surface area contributed by atoms with E-state index in [2.05, 4.69) is 10.3 Å². The average molecular weight is 163 g/mol. The number of carbonyl (C=O) groups is 1. The summed E-state index contributed by atoms with van der Waals surface area (Å²) in [4.78, 5) is 14.3. The number of nitrogens with one attached hydrogen (secondary N) is 1. The van der Waals surface area contributed by atoms with Gasteiger partial charge in [-0.3, -0.25) is 4.84 Å². The Hall–Kier alpha value is -0.490. The third-order valence-electron chi connectivity index (χ3n) is 0.846. The molecule has 0 spiro atoms. The maximum Gasteiger partial charge on any atom is 0.147 e. The minimum absolute atomic E-state index is 0.0354. The van der Waals surface area contributed by atoms with Crippen molar-refractivity contribution in [2.75, 3.05) is 33.7 Å². The highest BCUT2D eigenvalue weighted by Crippen LogP contribution is 1.72. The van der Waals surface area contributed by atoms with Gasteiger partial charge in [-0.2, -0.15) is 5.48 Å².